The Labute approximate surface area is 166 Å². The van der Waals surface area contributed by atoms with E-state index in [1.165, 1.54) is 5.56 Å². The van der Waals surface area contributed by atoms with Gasteiger partial charge in [0.2, 0.25) is 11.8 Å². The fourth-order valence-electron chi connectivity index (χ4n) is 4.41. The van der Waals surface area contributed by atoms with Crippen molar-refractivity contribution in [2.24, 2.45) is 0 Å². The summed E-state index contributed by atoms with van der Waals surface area (Å²) < 4.78 is 0. The van der Waals surface area contributed by atoms with Crippen LogP contribution in [0.25, 0.3) is 5.57 Å². The van der Waals surface area contributed by atoms with Crippen LogP contribution >= 0.6 is 0 Å². The minimum atomic E-state index is -0.100. The van der Waals surface area contributed by atoms with Crippen LogP contribution in [0.2, 0.25) is 0 Å². The summed E-state index contributed by atoms with van der Waals surface area (Å²) in [5, 5.41) is 0. The quantitative estimate of drug-likeness (QED) is 0.751. The van der Waals surface area contributed by atoms with Crippen LogP contribution in [0.15, 0.2) is 60.7 Å². The monoisotopic (exact) mass is 374 g/mol. The first-order valence-corrected chi connectivity index (χ1v) is 9.78. The van der Waals surface area contributed by atoms with Crippen LogP contribution in [-0.2, 0) is 15.0 Å². The summed E-state index contributed by atoms with van der Waals surface area (Å²) in [7, 11) is 0. The molecule has 4 nitrogen and oxygen atoms in total. The Morgan fingerprint density at radius 1 is 1.07 bits per heavy atom. The van der Waals surface area contributed by atoms with E-state index in [9.17, 15) is 9.59 Å². The molecule has 2 aromatic carbocycles. The van der Waals surface area contributed by atoms with E-state index < -0.39 is 0 Å². The Morgan fingerprint density at radius 2 is 1.75 bits per heavy atom. The molecule has 0 aliphatic carbocycles. The van der Waals surface area contributed by atoms with E-state index in [0.717, 1.165) is 16.7 Å². The largest absolute Gasteiger partial charge is 0.331 e. The predicted octanol–water partition coefficient (Wildman–Crippen LogP) is 3.79. The molecule has 0 spiro atoms. The third-order valence-electron chi connectivity index (χ3n) is 5.91. The molecule has 4 rings (SSSR count). The first-order chi connectivity index (χ1) is 13.4. The third-order valence-corrected chi connectivity index (χ3v) is 5.91. The van der Waals surface area contributed by atoms with Crippen LogP contribution in [0.4, 0.5) is 0 Å². The zero-order valence-corrected chi connectivity index (χ0v) is 16.7. The molecule has 2 aliphatic heterocycles. The van der Waals surface area contributed by atoms with Crippen molar-refractivity contribution in [3.63, 3.8) is 0 Å². The van der Waals surface area contributed by atoms with Crippen molar-refractivity contribution in [1.29, 1.82) is 0 Å². The number of rotatable bonds is 2. The van der Waals surface area contributed by atoms with Crippen molar-refractivity contribution < 1.29 is 9.59 Å². The van der Waals surface area contributed by atoms with Crippen molar-refractivity contribution in [2.75, 3.05) is 19.6 Å². The Morgan fingerprint density at radius 3 is 2.50 bits per heavy atom. The van der Waals surface area contributed by atoms with Gasteiger partial charge in [0.15, 0.2) is 0 Å². The number of benzene rings is 2. The molecule has 1 unspecified atom stereocenters. The Hall–Kier alpha value is -2.88. The number of fused-ring (bicyclic) bond motifs is 3. The van der Waals surface area contributed by atoms with E-state index in [4.69, 9.17) is 0 Å². The fraction of sp³-hybridized carbons (Fsp3) is 0.333. The van der Waals surface area contributed by atoms with Gasteiger partial charge in [0.25, 0.3) is 0 Å². The zero-order valence-electron chi connectivity index (χ0n) is 16.7. The summed E-state index contributed by atoms with van der Waals surface area (Å²) in [5.74, 6) is -0.0744. The van der Waals surface area contributed by atoms with Gasteiger partial charge in [0.05, 0.1) is 6.04 Å². The molecule has 2 amide bonds. The van der Waals surface area contributed by atoms with E-state index in [2.05, 4.69) is 32.0 Å². The first-order valence-electron chi connectivity index (χ1n) is 9.78. The second-order valence-corrected chi connectivity index (χ2v) is 8.42. The highest BCUT2D eigenvalue weighted by Crippen LogP contribution is 2.41. The summed E-state index contributed by atoms with van der Waals surface area (Å²) in [6, 6.07) is 18.1. The number of piperazine rings is 1. The van der Waals surface area contributed by atoms with Crippen LogP contribution in [0, 0.1) is 0 Å². The van der Waals surface area contributed by atoms with Crippen molar-refractivity contribution in [1.82, 2.24) is 9.80 Å². The molecule has 1 saturated heterocycles. The van der Waals surface area contributed by atoms with Gasteiger partial charge in [-0.15, -0.1) is 0 Å². The molecule has 0 aromatic heterocycles. The highest BCUT2D eigenvalue weighted by Gasteiger charge is 2.43. The maximum Gasteiger partial charge on any atom is 0.247 e. The van der Waals surface area contributed by atoms with Gasteiger partial charge in [-0.05, 0) is 29.2 Å². The minimum Gasteiger partial charge on any atom is -0.331 e. The number of nitrogens with zero attached hydrogens (tertiary/aromatic N) is 2. The average molecular weight is 374 g/mol. The molecule has 0 bridgehead atoms. The van der Waals surface area contributed by atoms with E-state index >= 15 is 0 Å². The summed E-state index contributed by atoms with van der Waals surface area (Å²) in [6.45, 7) is 7.66. The molecule has 1 atom stereocenters. The summed E-state index contributed by atoms with van der Waals surface area (Å²) in [5.41, 5.74) is 4.28. The number of carbonyl (C=O) groups excluding carboxylic acids is 2. The second-order valence-electron chi connectivity index (χ2n) is 8.42. The lowest BCUT2D eigenvalue weighted by molar-refractivity contribution is -0.148. The van der Waals surface area contributed by atoms with Gasteiger partial charge in [-0.1, -0.05) is 68.4 Å². The molecule has 2 aromatic rings. The van der Waals surface area contributed by atoms with Gasteiger partial charge in [-0.2, -0.15) is 0 Å². The lowest BCUT2D eigenvalue weighted by Crippen LogP contribution is -2.58. The molecule has 144 valence electrons. The average Bonchev–Trinajstić information content (AvgIpc) is 2.69. The van der Waals surface area contributed by atoms with Crippen LogP contribution in [0.5, 0.6) is 0 Å². The summed E-state index contributed by atoms with van der Waals surface area (Å²) in [4.78, 5) is 29.5. The number of hydrogen-bond donors (Lipinski definition) is 0. The maximum absolute atomic E-state index is 12.9. The van der Waals surface area contributed by atoms with Crippen molar-refractivity contribution in [3.8, 4) is 0 Å². The Kier molecular flexibility index (Phi) is 4.58. The number of carbonyl (C=O) groups is 2. The second kappa shape index (κ2) is 6.93. The number of allylic oxidation sites excluding steroid dienone is 1. The summed E-state index contributed by atoms with van der Waals surface area (Å²) in [6.07, 6.45) is 1.65. The molecule has 2 aliphatic rings. The number of amides is 2. The maximum atomic E-state index is 12.9. The third kappa shape index (κ3) is 3.24. The van der Waals surface area contributed by atoms with E-state index in [-0.39, 0.29) is 29.8 Å². The van der Waals surface area contributed by atoms with Crippen molar-refractivity contribution in [2.45, 2.75) is 32.2 Å². The standard InChI is InChI=1S/C24H26N2O2/c1-17(18-9-5-4-6-10-18)13-22(27)25-14-21-19-11-7-8-12-20(19)24(2,3)16-26(21)23(28)15-25/h4-13,21H,14-16H2,1-3H3/b17-13+. The van der Waals surface area contributed by atoms with Gasteiger partial charge >= 0.3 is 0 Å². The molecule has 0 radical (unpaired) electrons. The first kappa shape index (κ1) is 18.5. The molecule has 2 heterocycles. The van der Waals surface area contributed by atoms with Crippen LogP contribution in [0.1, 0.15) is 43.5 Å². The van der Waals surface area contributed by atoms with Crippen molar-refractivity contribution >= 4 is 17.4 Å². The molecule has 1 fully saturated rings. The fourth-order valence-corrected chi connectivity index (χ4v) is 4.41. The summed E-state index contributed by atoms with van der Waals surface area (Å²) >= 11 is 0. The molecule has 0 N–H and O–H groups in total. The van der Waals surface area contributed by atoms with Crippen LogP contribution in [0.3, 0.4) is 0 Å². The molecule has 0 saturated carbocycles. The highest BCUT2D eigenvalue weighted by atomic mass is 16.2. The lowest BCUT2D eigenvalue weighted by Gasteiger charge is -2.49. The Bertz CT molecular complexity index is 946. The van der Waals surface area contributed by atoms with Gasteiger partial charge in [0, 0.05) is 24.6 Å². The smallest absolute Gasteiger partial charge is 0.247 e. The zero-order chi connectivity index (χ0) is 19.9. The SMILES string of the molecule is C/C(=C\C(=O)N1CC(=O)N2CC(C)(C)c3ccccc3C2C1)c1ccccc1. The highest BCUT2D eigenvalue weighted by molar-refractivity contribution is 5.97. The van der Waals surface area contributed by atoms with Gasteiger partial charge in [0.1, 0.15) is 6.54 Å². The molecule has 28 heavy (non-hydrogen) atoms. The van der Waals surface area contributed by atoms with E-state index in [1.54, 1.807) is 11.0 Å². The number of hydrogen-bond acceptors (Lipinski definition) is 2. The van der Waals surface area contributed by atoms with Gasteiger partial charge in [-0.25, -0.2) is 0 Å². The minimum absolute atomic E-state index is 0.0259. The lowest BCUT2D eigenvalue weighted by atomic mass is 9.75. The normalized spacial score (nSPS) is 21.2. The van der Waals surface area contributed by atoms with E-state index in [0.29, 0.717) is 13.1 Å². The van der Waals surface area contributed by atoms with Crippen molar-refractivity contribution in [3.05, 3.63) is 77.4 Å². The van der Waals surface area contributed by atoms with E-state index in [1.807, 2.05) is 48.2 Å². The van der Waals surface area contributed by atoms with Gasteiger partial charge < -0.3 is 9.80 Å². The van der Waals surface area contributed by atoms with Gasteiger partial charge in [-0.3, -0.25) is 9.59 Å². The van der Waals surface area contributed by atoms with Crippen LogP contribution < -0.4 is 0 Å². The molecular formula is C24H26N2O2. The topological polar surface area (TPSA) is 40.6 Å². The van der Waals surface area contributed by atoms with Crippen LogP contribution in [-0.4, -0.2) is 41.2 Å². The molecular weight excluding hydrogens is 348 g/mol. The predicted molar refractivity (Wildman–Crippen MR) is 111 cm³/mol. The molecule has 4 heteroatoms. The Balaban J connectivity index is 1.62.